The third kappa shape index (κ3) is 2.98. The van der Waals surface area contributed by atoms with E-state index in [4.69, 9.17) is 4.74 Å². The van der Waals surface area contributed by atoms with Crippen molar-refractivity contribution in [2.45, 2.75) is 25.4 Å². The number of morpholine rings is 1. The fourth-order valence-electron chi connectivity index (χ4n) is 2.92. The van der Waals surface area contributed by atoms with Gasteiger partial charge in [0, 0.05) is 49.3 Å². The Balaban J connectivity index is 1.60. The van der Waals surface area contributed by atoms with Gasteiger partial charge in [0.2, 0.25) is 0 Å². The lowest BCUT2D eigenvalue weighted by atomic mass is 10.2. The maximum absolute atomic E-state index is 5.44. The van der Waals surface area contributed by atoms with Crippen LogP contribution in [-0.2, 0) is 4.74 Å². The smallest absolute Gasteiger partial charge is 0.185 e. The molecule has 1 aromatic heterocycles. The van der Waals surface area contributed by atoms with Gasteiger partial charge in [-0.3, -0.25) is 4.90 Å². The molecule has 0 aliphatic carbocycles. The highest BCUT2D eigenvalue weighted by atomic mass is 32.1. The van der Waals surface area contributed by atoms with Crippen molar-refractivity contribution in [1.29, 1.82) is 0 Å². The van der Waals surface area contributed by atoms with Gasteiger partial charge in [0.15, 0.2) is 5.13 Å². The van der Waals surface area contributed by atoms with Crippen molar-refractivity contribution in [3.8, 4) is 0 Å². The molecule has 2 atom stereocenters. The number of hydrogen-bond acceptors (Lipinski definition) is 6. The van der Waals surface area contributed by atoms with Gasteiger partial charge in [-0.25, -0.2) is 4.98 Å². The molecular formula is C14H24N4OS. The highest BCUT2D eigenvalue weighted by Gasteiger charge is 2.30. The van der Waals surface area contributed by atoms with Crippen LogP contribution in [-0.4, -0.2) is 62.4 Å². The lowest BCUT2D eigenvalue weighted by Gasteiger charge is -2.32. The van der Waals surface area contributed by atoms with Crippen LogP contribution < -0.4 is 10.2 Å². The van der Waals surface area contributed by atoms with Gasteiger partial charge in [0.1, 0.15) is 0 Å². The van der Waals surface area contributed by atoms with Gasteiger partial charge in [0.05, 0.1) is 13.2 Å². The molecule has 5 nitrogen and oxygen atoms in total. The number of nitrogens with one attached hydrogen (secondary N) is 1. The van der Waals surface area contributed by atoms with E-state index in [0.717, 1.165) is 39.4 Å². The Morgan fingerprint density at radius 1 is 1.40 bits per heavy atom. The fourth-order valence-corrected chi connectivity index (χ4v) is 3.93. The number of hydrogen-bond donors (Lipinski definition) is 1. The zero-order valence-corrected chi connectivity index (χ0v) is 13.2. The molecule has 2 aliphatic heterocycles. The van der Waals surface area contributed by atoms with Gasteiger partial charge in [0.25, 0.3) is 0 Å². The minimum absolute atomic E-state index is 0.388. The Morgan fingerprint density at radius 2 is 2.20 bits per heavy atom. The molecule has 0 aromatic carbocycles. The summed E-state index contributed by atoms with van der Waals surface area (Å²) in [5, 5.41) is 4.45. The van der Waals surface area contributed by atoms with E-state index in [1.165, 1.54) is 16.4 Å². The van der Waals surface area contributed by atoms with Crippen molar-refractivity contribution in [2.24, 2.45) is 0 Å². The largest absolute Gasteiger partial charge is 0.379 e. The molecule has 112 valence electrons. The summed E-state index contributed by atoms with van der Waals surface area (Å²) in [5.74, 6) is 0. The van der Waals surface area contributed by atoms with E-state index in [2.05, 4.69) is 27.0 Å². The summed E-state index contributed by atoms with van der Waals surface area (Å²) in [6.45, 7) is 8.35. The van der Waals surface area contributed by atoms with Crippen LogP contribution in [0.3, 0.4) is 0 Å². The second-order valence-electron chi connectivity index (χ2n) is 5.59. The van der Waals surface area contributed by atoms with Crippen LogP contribution in [0.15, 0.2) is 6.20 Å². The Kier molecular flexibility index (Phi) is 4.55. The first-order valence-electron chi connectivity index (χ1n) is 7.47. The number of rotatable bonds is 4. The van der Waals surface area contributed by atoms with Crippen molar-refractivity contribution in [1.82, 2.24) is 15.2 Å². The first-order valence-corrected chi connectivity index (χ1v) is 8.29. The molecule has 2 aliphatic rings. The number of aromatic nitrogens is 1. The van der Waals surface area contributed by atoms with Crippen LogP contribution >= 0.6 is 11.3 Å². The monoisotopic (exact) mass is 296 g/mol. The number of ether oxygens (including phenoxy) is 1. The average Bonchev–Trinajstić information content (AvgIpc) is 3.16. The second kappa shape index (κ2) is 6.39. The van der Waals surface area contributed by atoms with Gasteiger partial charge < -0.3 is 15.0 Å². The Labute approximate surface area is 124 Å². The summed E-state index contributed by atoms with van der Waals surface area (Å²) in [6.07, 6.45) is 3.26. The van der Waals surface area contributed by atoms with Crippen LogP contribution in [0.1, 0.15) is 24.3 Å². The van der Waals surface area contributed by atoms with Crippen molar-refractivity contribution < 1.29 is 4.74 Å². The van der Waals surface area contributed by atoms with Crippen molar-refractivity contribution >= 4 is 16.5 Å². The predicted octanol–water partition coefficient (Wildman–Crippen LogP) is 1.33. The molecule has 3 heterocycles. The van der Waals surface area contributed by atoms with E-state index >= 15 is 0 Å². The predicted molar refractivity (Wildman–Crippen MR) is 82.6 cm³/mol. The van der Waals surface area contributed by atoms with Gasteiger partial charge in [-0.05, 0) is 20.4 Å². The molecule has 1 N–H and O–H groups in total. The second-order valence-corrected chi connectivity index (χ2v) is 6.63. The van der Waals surface area contributed by atoms with Crippen LogP contribution in [0, 0.1) is 0 Å². The topological polar surface area (TPSA) is 40.6 Å². The van der Waals surface area contributed by atoms with E-state index in [1.807, 2.05) is 24.6 Å². The van der Waals surface area contributed by atoms with Gasteiger partial charge in [-0.15, -0.1) is 11.3 Å². The molecule has 2 unspecified atom stereocenters. The van der Waals surface area contributed by atoms with Gasteiger partial charge >= 0.3 is 0 Å². The highest BCUT2D eigenvalue weighted by molar-refractivity contribution is 7.15. The lowest BCUT2D eigenvalue weighted by Crippen LogP contribution is -2.44. The molecule has 2 fully saturated rings. The Bertz CT molecular complexity index is 433. The van der Waals surface area contributed by atoms with Crippen molar-refractivity contribution in [3.05, 3.63) is 11.1 Å². The molecule has 1 aromatic rings. The van der Waals surface area contributed by atoms with Gasteiger partial charge in [-0.2, -0.15) is 0 Å². The molecule has 0 amide bonds. The van der Waals surface area contributed by atoms with E-state index < -0.39 is 0 Å². The van der Waals surface area contributed by atoms with E-state index in [0.29, 0.717) is 12.1 Å². The molecular weight excluding hydrogens is 272 g/mol. The van der Waals surface area contributed by atoms with Crippen LogP contribution in [0.2, 0.25) is 0 Å². The summed E-state index contributed by atoms with van der Waals surface area (Å²) >= 11 is 1.82. The van der Waals surface area contributed by atoms with Crippen LogP contribution in [0.4, 0.5) is 5.13 Å². The van der Waals surface area contributed by atoms with Crippen LogP contribution in [0.25, 0.3) is 0 Å². The number of nitrogens with zero attached hydrogens (tertiary/aromatic N) is 3. The third-order valence-corrected chi connectivity index (χ3v) is 5.61. The molecule has 20 heavy (non-hydrogen) atoms. The average molecular weight is 296 g/mol. The summed E-state index contributed by atoms with van der Waals surface area (Å²) in [5.41, 5.74) is 0. The standard InChI is InChI=1S/C14H24N4OS/c1-11(15-2)13-9-16-14(20-13)18-4-3-12(10-18)17-5-7-19-8-6-17/h9,11-12,15H,3-8,10H2,1-2H3. The summed E-state index contributed by atoms with van der Waals surface area (Å²) in [4.78, 5) is 10.9. The minimum Gasteiger partial charge on any atom is -0.379 e. The number of thiazole rings is 1. The summed E-state index contributed by atoms with van der Waals surface area (Å²) < 4.78 is 5.44. The normalized spacial score (nSPS) is 26.1. The molecule has 3 rings (SSSR count). The fraction of sp³-hybridized carbons (Fsp3) is 0.786. The molecule has 0 radical (unpaired) electrons. The lowest BCUT2D eigenvalue weighted by molar-refractivity contribution is 0.0209. The Morgan fingerprint density at radius 3 is 2.95 bits per heavy atom. The van der Waals surface area contributed by atoms with E-state index in [1.54, 1.807) is 0 Å². The van der Waals surface area contributed by atoms with Crippen LogP contribution in [0.5, 0.6) is 0 Å². The molecule has 0 spiro atoms. The first-order chi connectivity index (χ1) is 9.78. The van der Waals surface area contributed by atoms with E-state index in [-0.39, 0.29) is 0 Å². The quantitative estimate of drug-likeness (QED) is 0.908. The molecule has 0 bridgehead atoms. The number of anilines is 1. The highest BCUT2D eigenvalue weighted by Crippen LogP contribution is 2.30. The van der Waals surface area contributed by atoms with Crippen molar-refractivity contribution in [2.75, 3.05) is 51.3 Å². The minimum atomic E-state index is 0.388. The Hall–Kier alpha value is -0.690. The zero-order chi connectivity index (χ0) is 13.9. The zero-order valence-electron chi connectivity index (χ0n) is 12.3. The molecule has 2 saturated heterocycles. The summed E-state index contributed by atoms with van der Waals surface area (Å²) in [7, 11) is 1.99. The first kappa shape index (κ1) is 14.3. The van der Waals surface area contributed by atoms with E-state index in [9.17, 15) is 0 Å². The SMILES string of the molecule is CNC(C)c1cnc(N2CCC(N3CCOCC3)C2)s1. The molecule has 6 heteroatoms. The van der Waals surface area contributed by atoms with Gasteiger partial charge in [-0.1, -0.05) is 0 Å². The maximum Gasteiger partial charge on any atom is 0.185 e. The maximum atomic E-state index is 5.44. The summed E-state index contributed by atoms with van der Waals surface area (Å²) in [6, 6.07) is 1.06. The van der Waals surface area contributed by atoms with Crippen molar-refractivity contribution in [3.63, 3.8) is 0 Å². The third-order valence-electron chi connectivity index (χ3n) is 4.37. The molecule has 0 saturated carbocycles.